The molecule has 1 spiro atoms. The Bertz CT molecular complexity index is 1370. The lowest BCUT2D eigenvalue weighted by Crippen LogP contribution is -2.54. The molecule has 1 aromatic heterocycles. The van der Waals surface area contributed by atoms with Gasteiger partial charge in [-0.2, -0.15) is 0 Å². The largest absolute Gasteiger partial charge is 0.465 e. The summed E-state index contributed by atoms with van der Waals surface area (Å²) in [5.41, 5.74) is 1.67. The Morgan fingerprint density at radius 1 is 1.17 bits per heavy atom. The number of carbonyl (C=O) groups excluding carboxylic acids is 4. The van der Waals surface area contributed by atoms with E-state index in [0.29, 0.717) is 28.4 Å². The number of aryl methyl sites for hydroxylation is 1. The highest BCUT2D eigenvalue weighted by Gasteiger charge is 2.75. The highest BCUT2D eigenvalue weighted by atomic mass is 35.5. The van der Waals surface area contributed by atoms with E-state index in [0.717, 1.165) is 28.2 Å². The molecule has 4 aliphatic rings. The fourth-order valence-corrected chi connectivity index (χ4v) is 8.01. The minimum absolute atomic E-state index is 0.230. The van der Waals surface area contributed by atoms with Crippen molar-refractivity contribution < 1.29 is 23.9 Å². The zero-order valence-electron chi connectivity index (χ0n) is 19.7. The Hall–Kier alpha value is -2.75. The Balaban J connectivity index is 1.57. The molecule has 3 fully saturated rings. The van der Waals surface area contributed by atoms with Gasteiger partial charge >= 0.3 is 5.97 Å². The summed E-state index contributed by atoms with van der Waals surface area (Å²) in [6, 6.07) is 3.31. The van der Waals surface area contributed by atoms with Gasteiger partial charge in [-0.25, -0.2) is 9.69 Å². The third-order valence-corrected chi connectivity index (χ3v) is 9.92. The van der Waals surface area contributed by atoms with Gasteiger partial charge in [0.05, 0.1) is 30.2 Å². The van der Waals surface area contributed by atoms with Crippen LogP contribution in [0.5, 0.6) is 0 Å². The van der Waals surface area contributed by atoms with Crippen LogP contribution in [-0.2, 0) is 24.7 Å². The summed E-state index contributed by atoms with van der Waals surface area (Å²) in [5, 5.41) is 3.79. The van der Waals surface area contributed by atoms with Crippen molar-refractivity contribution in [1.82, 2.24) is 4.90 Å². The molecule has 0 saturated carbocycles. The predicted molar refractivity (Wildman–Crippen MR) is 131 cm³/mol. The molecular weight excluding hydrogens is 490 g/mol. The second-order valence-electron chi connectivity index (χ2n) is 9.69. The van der Waals surface area contributed by atoms with Crippen molar-refractivity contribution in [2.75, 3.05) is 23.9 Å². The van der Waals surface area contributed by atoms with Crippen molar-refractivity contribution in [3.05, 3.63) is 44.3 Å². The quantitative estimate of drug-likeness (QED) is 0.487. The average Bonchev–Trinajstić information content (AvgIpc) is 3.58. The summed E-state index contributed by atoms with van der Waals surface area (Å²) in [6.45, 7) is 6.08. The average molecular weight is 514 g/mol. The molecular formula is C25H24ClN3O5S. The Kier molecular flexibility index (Phi) is 4.79. The first kappa shape index (κ1) is 22.7. The first-order valence-corrected chi connectivity index (χ1v) is 12.8. The summed E-state index contributed by atoms with van der Waals surface area (Å²) >= 11 is 7.58. The Morgan fingerprint density at radius 3 is 2.63 bits per heavy atom. The number of amides is 3. The van der Waals surface area contributed by atoms with E-state index in [9.17, 15) is 19.2 Å². The molecule has 0 unspecified atom stereocenters. The van der Waals surface area contributed by atoms with Gasteiger partial charge < -0.3 is 10.1 Å². The molecule has 0 radical (unpaired) electrons. The number of imide groups is 1. The van der Waals surface area contributed by atoms with Crippen LogP contribution in [0.1, 0.15) is 44.8 Å². The first-order chi connectivity index (χ1) is 16.7. The number of halogens is 1. The molecule has 0 bridgehead atoms. The number of fused-ring (bicyclic) bond motifs is 7. The number of hydrogen-bond acceptors (Lipinski definition) is 7. The SMILES string of the molecule is COC(=O)c1c(N2C(=O)[C@@H]3[C@@H]4CCCN4[C@]4(C(=O)Nc5c4ccc(Cl)c5C)[C@H]3C2=O)sc(C)c1C. The van der Waals surface area contributed by atoms with E-state index in [-0.39, 0.29) is 28.4 Å². The topological polar surface area (TPSA) is 96.0 Å². The third-order valence-electron chi connectivity index (χ3n) is 8.32. The predicted octanol–water partition coefficient (Wildman–Crippen LogP) is 3.54. The Morgan fingerprint density at radius 2 is 1.91 bits per heavy atom. The summed E-state index contributed by atoms with van der Waals surface area (Å²) in [6.07, 6.45) is 1.55. The first-order valence-electron chi connectivity index (χ1n) is 11.6. The van der Waals surface area contributed by atoms with E-state index in [1.165, 1.54) is 18.4 Å². The van der Waals surface area contributed by atoms with Gasteiger partial charge in [0, 0.05) is 21.5 Å². The number of rotatable bonds is 2. The maximum Gasteiger partial charge on any atom is 0.341 e. The maximum absolute atomic E-state index is 14.2. The highest BCUT2D eigenvalue weighted by Crippen LogP contribution is 2.61. The van der Waals surface area contributed by atoms with Gasteiger partial charge in [-0.3, -0.25) is 19.3 Å². The molecule has 2 aromatic rings. The number of esters is 1. The minimum atomic E-state index is -1.29. The number of hydrogen-bond donors (Lipinski definition) is 1. The maximum atomic E-state index is 14.2. The molecule has 8 nitrogen and oxygen atoms in total. The molecule has 4 atom stereocenters. The number of nitrogens with one attached hydrogen (secondary N) is 1. The van der Waals surface area contributed by atoms with Crippen LogP contribution in [0.4, 0.5) is 10.7 Å². The van der Waals surface area contributed by atoms with E-state index < -0.39 is 29.3 Å². The van der Waals surface area contributed by atoms with Gasteiger partial charge in [-0.05, 0) is 57.4 Å². The second kappa shape index (κ2) is 7.38. The fourth-order valence-electron chi connectivity index (χ4n) is 6.70. The smallest absolute Gasteiger partial charge is 0.341 e. The van der Waals surface area contributed by atoms with Gasteiger partial charge in [-0.15, -0.1) is 11.3 Å². The molecule has 0 aliphatic carbocycles. The van der Waals surface area contributed by atoms with Crippen LogP contribution in [0.2, 0.25) is 5.02 Å². The van der Waals surface area contributed by atoms with Gasteiger partial charge in [0.2, 0.25) is 17.7 Å². The van der Waals surface area contributed by atoms with E-state index in [1.54, 1.807) is 19.1 Å². The molecule has 1 aromatic carbocycles. The van der Waals surface area contributed by atoms with Crippen LogP contribution in [0.15, 0.2) is 12.1 Å². The van der Waals surface area contributed by atoms with E-state index in [1.807, 2.05) is 13.8 Å². The number of thiophene rings is 1. The lowest BCUT2D eigenvalue weighted by molar-refractivity contribution is -0.135. The molecule has 10 heteroatoms. The number of methoxy groups -OCH3 is 1. The summed E-state index contributed by atoms with van der Waals surface area (Å²) in [7, 11) is 1.28. The molecule has 6 rings (SSSR count). The van der Waals surface area contributed by atoms with Crippen molar-refractivity contribution in [3.63, 3.8) is 0 Å². The lowest BCUT2D eigenvalue weighted by atomic mass is 9.75. The molecule has 4 aliphatic heterocycles. The normalized spacial score (nSPS) is 29.1. The van der Waals surface area contributed by atoms with Crippen LogP contribution in [-0.4, -0.2) is 48.3 Å². The number of nitrogens with zero attached hydrogens (tertiary/aromatic N) is 2. The molecule has 3 amide bonds. The standard InChI is InChI=1S/C25H24ClN3O5S/c1-10-12(3)35-22(16(10)23(32)34-4)29-20(30)17-15-6-5-9-28(15)25(18(17)21(29)31)13-7-8-14(26)11(2)19(13)27-24(25)33/h7-8,15,17-18H,5-6,9H2,1-4H3,(H,27,33)/t15-,17+,18+,25-/m0/s1. The zero-order valence-corrected chi connectivity index (χ0v) is 21.3. The monoisotopic (exact) mass is 513 g/mol. The van der Waals surface area contributed by atoms with Crippen LogP contribution in [0.25, 0.3) is 0 Å². The number of carbonyl (C=O) groups is 4. The van der Waals surface area contributed by atoms with Crippen molar-refractivity contribution in [2.45, 2.75) is 45.2 Å². The van der Waals surface area contributed by atoms with Gasteiger partial charge in [0.15, 0.2) is 0 Å². The highest BCUT2D eigenvalue weighted by molar-refractivity contribution is 7.17. The Labute approximate surface area is 211 Å². The van der Waals surface area contributed by atoms with E-state index in [4.69, 9.17) is 16.3 Å². The molecule has 182 valence electrons. The number of benzene rings is 1. The van der Waals surface area contributed by atoms with Crippen molar-refractivity contribution in [1.29, 1.82) is 0 Å². The van der Waals surface area contributed by atoms with E-state index >= 15 is 0 Å². The molecule has 3 saturated heterocycles. The third kappa shape index (κ3) is 2.56. The van der Waals surface area contributed by atoms with Gasteiger partial charge in [0.1, 0.15) is 10.5 Å². The zero-order chi connectivity index (χ0) is 25.0. The van der Waals surface area contributed by atoms with Gasteiger partial charge in [0.25, 0.3) is 0 Å². The minimum Gasteiger partial charge on any atom is -0.465 e. The molecule has 1 N–H and O–H groups in total. The number of anilines is 2. The van der Waals surface area contributed by atoms with Crippen LogP contribution in [0.3, 0.4) is 0 Å². The molecule has 5 heterocycles. The van der Waals surface area contributed by atoms with E-state index in [2.05, 4.69) is 10.2 Å². The number of ether oxygens (including phenoxy) is 1. The van der Waals surface area contributed by atoms with Crippen molar-refractivity contribution >= 4 is 57.3 Å². The van der Waals surface area contributed by atoms with Crippen LogP contribution in [0, 0.1) is 32.6 Å². The van der Waals surface area contributed by atoms with Crippen LogP contribution >= 0.6 is 22.9 Å². The fraction of sp³-hybridized carbons (Fsp3) is 0.440. The summed E-state index contributed by atoms with van der Waals surface area (Å²) in [4.78, 5) is 58.7. The molecule has 35 heavy (non-hydrogen) atoms. The van der Waals surface area contributed by atoms with Crippen LogP contribution < -0.4 is 10.2 Å². The second-order valence-corrected chi connectivity index (χ2v) is 11.3. The lowest BCUT2D eigenvalue weighted by Gasteiger charge is -2.36. The van der Waals surface area contributed by atoms with Crippen molar-refractivity contribution in [3.8, 4) is 0 Å². The summed E-state index contributed by atoms with van der Waals surface area (Å²) < 4.78 is 4.98. The van der Waals surface area contributed by atoms with Crippen molar-refractivity contribution in [2.24, 2.45) is 11.8 Å². The summed E-state index contributed by atoms with van der Waals surface area (Å²) in [5.74, 6) is -3.26. The van der Waals surface area contributed by atoms with Gasteiger partial charge in [-0.1, -0.05) is 17.7 Å².